The third-order valence-corrected chi connectivity index (χ3v) is 6.01. The largest absolute Gasteiger partial charge is 0.440 e. The van der Waals surface area contributed by atoms with Gasteiger partial charge in [0.15, 0.2) is 5.69 Å². The number of rotatable bonds is 4. The number of carbonyl (C=O) groups is 1. The third kappa shape index (κ3) is 3.35. The molecular formula is C15H20N4O4S. The average molecular weight is 352 g/mol. The van der Waals surface area contributed by atoms with E-state index < -0.39 is 21.2 Å². The number of oxazole rings is 1. The van der Waals surface area contributed by atoms with Crippen LogP contribution in [0.15, 0.2) is 16.8 Å². The lowest BCUT2D eigenvalue weighted by atomic mass is 10.0. The quantitative estimate of drug-likeness (QED) is 0.899. The summed E-state index contributed by atoms with van der Waals surface area (Å²) >= 11 is 0. The van der Waals surface area contributed by atoms with Gasteiger partial charge in [0.25, 0.3) is 5.91 Å². The van der Waals surface area contributed by atoms with Gasteiger partial charge in [-0.2, -0.15) is 5.10 Å². The lowest BCUT2D eigenvalue weighted by Crippen LogP contribution is -2.39. The van der Waals surface area contributed by atoms with Crippen LogP contribution in [-0.2, 0) is 17.1 Å². The topological polar surface area (TPSA) is 107 Å². The van der Waals surface area contributed by atoms with Gasteiger partial charge in [-0.3, -0.25) is 9.48 Å². The standard InChI is InChI=1S/C15H20N4O4S/c1-10-13(17-15(23-10)11-8-16-19(2)9-11)14(20)18-24(21,22)12-6-4-3-5-7-12/h8-9,12H,3-7H2,1-2H3,(H,18,20). The van der Waals surface area contributed by atoms with Crippen LogP contribution in [0.5, 0.6) is 0 Å². The van der Waals surface area contributed by atoms with Gasteiger partial charge in [-0.25, -0.2) is 18.1 Å². The van der Waals surface area contributed by atoms with Crippen molar-refractivity contribution in [2.24, 2.45) is 7.05 Å². The molecule has 8 nitrogen and oxygen atoms in total. The number of hydrogen-bond acceptors (Lipinski definition) is 6. The zero-order chi connectivity index (χ0) is 17.3. The molecule has 1 aliphatic rings. The van der Waals surface area contributed by atoms with Crippen molar-refractivity contribution in [2.75, 3.05) is 0 Å². The SMILES string of the molecule is Cc1oc(-c2cnn(C)c2)nc1C(=O)NS(=O)(=O)C1CCCCC1. The molecule has 3 rings (SSSR count). The molecule has 1 aliphatic carbocycles. The Morgan fingerprint density at radius 1 is 1.33 bits per heavy atom. The van der Waals surface area contributed by atoms with E-state index in [1.54, 1.807) is 31.0 Å². The van der Waals surface area contributed by atoms with Crippen LogP contribution < -0.4 is 4.72 Å². The van der Waals surface area contributed by atoms with E-state index in [-0.39, 0.29) is 17.3 Å². The van der Waals surface area contributed by atoms with Gasteiger partial charge in [0.05, 0.1) is 17.0 Å². The Hall–Kier alpha value is -2.16. The maximum atomic E-state index is 12.4. The zero-order valence-corrected chi connectivity index (χ0v) is 14.5. The van der Waals surface area contributed by atoms with E-state index in [0.29, 0.717) is 18.4 Å². The van der Waals surface area contributed by atoms with Crippen LogP contribution in [0.2, 0.25) is 0 Å². The Morgan fingerprint density at radius 3 is 2.67 bits per heavy atom. The highest BCUT2D eigenvalue weighted by Crippen LogP contribution is 2.24. The number of carbonyl (C=O) groups excluding carboxylic acids is 1. The predicted molar refractivity (Wildman–Crippen MR) is 86.7 cm³/mol. The minimum Gasteiger partial charge on any atom is -0.440 e. The first-order valence-electron chi connectivity index (χ1n) is 7.89. The second kappa shape index (κ2) is 6.39. The van der Waals surface area contributed by atoms with Crippen LogP contribution in [0, 0.1) is 6.92 Å². The fraction of sp³-hybridized carbons (Fsp3) is 0.533. The summed E-state index contributed by atoms with van der Waals surface area (Å²) in [6.45, 7) is 1.58. The Labute approximate surface area is 140 Å². The molecule has 1 saturated carbocycles. The first-order chi connectivity index (χ1) is 11.4. The van der Waals surface area contributed by atoms with E-state index in [1.165, 1.54) is 0 Å². The van der Waals surface area contributed by atoms with Gasteiger partial charge in [-0.05, 0) is 19.8 Å². The number of aromatic nitrogens is 3. The molecule has 0 unspecified atom stereocenters. The molecule has 9 heteroatoms. The molecule has 1 fully saturated rings. The Morgan fingerprint density at radius 2 is 2.04 bits per heavy atom. The van der Waals surface area contributed by atoms with E-state index >= 15 is 0 Å². The van der Waals surface area contributed by atoms with Crippen molar-refractivity contribution in [1.29, 1.82) is 0 Å². The second-order valence-electron chi connectivity index (χ2n) is 6.06. The number of nitrogens with zero attached hydrogens (tertiary/aromatic N) is 3. The highest BCUT2D eigenvalue weighted by Gasteiger charge is 2.30. The van der Waals surface area contributed by atoms with Gasteiger partial charge in [0, 0.05) is 13.2 Å². The molecule has 130 valence electrons. The van der Waals surface area contributed by atoms with Crippen LogP contribution in [-0.4, -0.2) is 34.3 Å². The van der Waals surface area contributed by atoms with Crippen molar-refractivity contribution in [2.45, 2.75) is 44.3 Å². The molecule has 24 heavy (non-hydrogen) atoms. The van der Waals surface area contributed by atoms with Gasteiger partial charge in [-0.15, -0.1) is 0 Å². The molecule has 1 amide bonds. The van der Waals surface area contributed by atoms with E-state index in [9.17, 15) is 13.2 Å². The van der Waals surface area contributed by atoms with Crippen molar-refractivity contribution in [3.05, 3.63) is 23.8 Å². The summed E-state index contributed by atoms with van der Waals surface area (Å²) in [5.41, 5.74) is 0.600. The lowest BCUT2D eigenvalue weighted by molar-refractivity contribution is 0.0975. The summed E-state index contributed by atoms with van der Waals surface area (Å²) in [7, 11) is -1.94. The van der Waals surface area contributed by atoms with Gasteiger partial charge in [0.1, 0.15) is 5.76 Å². The summed E-state index contributed by atoms with van der Waals surface area (Å²) in [5.74, 6) is -0.247. The van der Waals surface area contributed by atoms with Crippen LogP contribution >= 0.6 is 0 Å². The van der Waals surface area contributed by atoms with Crippen LogP contribution in [0.4, 0.5) is 0 Å². The summed E-state index contributed by atoms with van der Waals surface area (Å²) in [4.78, 5) is 16.5. The molecule has 0 aromatic carbocycles. The van der Waals surface area contributed by atoms with E-state index in [0.717, 1.165) is 19.3 Å². The van der Waals surface area contributed by atoms with Crippen molar-refractivity contribution >= 4 is 15.9 Å². The van der Waals surface area contributed by atoms with Crippen molar-refractivity contribution in [3.63, 3.8) is 0 Å². The first-order valence-corrected chi connectivity index (χ1v) is 9.44. The number of hydrogen-bond donors (Lipinski definition) is 1. The predicted octanol–water partition coefficient (Wildman–Crippen LogP) is 1.78. The maximum Gasteiger partial charge on any atom is 0.286 e. The fourth-order valence-electron chi connectivity index (χ4n) is 2.90. The molecule has 0 spiro atoms. The molecule has 0 radical (unpaired) electrons. The maximum absolute atomic E-state index is 12.4. The van der Waals surface area contributed by atoms with Gasteiger partial charge in [0.2, 0.25) is 15.9 Å². The molecule has 1 N–H and O–H groups in total. The summed E-state index contributed by atoms with van der Waals surface area (Å²) < 4.78 is 33.9. The molecule has 0 bridgehead atoms. The number of amides is 1. The summed E-state index contributed by atoms with van der Waals surface area (Å²) in [6, 6.07) is 0. The minimum absolute atomic E-state index is 0.0202. The Balaban J connectivity index is 1.79. The molecule has 0 saturated heterocycles. The highest BCUT2D eigenvalue weighted by molar-refractivity contribution is 7.90. The van der Waals surface area contributed by atoms with Crippen LogP contribution in [0.3, 0.4) is 0 Å². The van der Waals surface area contributed by atoms with Crippen molar-refractivity contribution in [3.8, 4) is 11.5 Å². The highest BCUT2D eigenvalue weighted by atomic mass is 32.2. The molecule has 2 heterocycles. The summed E-state index contributed by atoms with van der Waals surface area (Å²) in [5, 5.41) is 3.50. The molecule has 0 atom stereocenters. The van der Waals surface area contributed by atoms with Gasteiger partial charge in [-0.1, -0.05) is 19.3 Å². The molecule has 0 aliphatic heterocycles. The fourth-order valence-corrected chi connectivity index (χ4v) is 4.37. The van der Waals surface area contributed by atoms with E-state index in [4.69, 9.17) is 4.42 Å². The Kier molecular flexibility index (Phi) is 4.44. The Bertz CT molecular complexity index is 847. The second-order valence-corrected chi connectivity index (χ2v) is 8.02. The van der Waals surface area contributed by atoms with Gasteiger partial charge < -0.3 is 4.42 Å². The number of aryl methyl sites for hydroxylation is 2. The summed E-state index contributed by atoms with van der Waals surface area (Å²) in [6.07, 6.45) is 7.21. The van der Waals surface area contributed by atoms with E-state index in [1.807, 2.05) is 0 Å². The first kappa shape index (κ1) is 16.7. The molecular weight excluding hydrogens is 332 g/mol. The number of nitrogens with one attached hydrogen (secondary N) is 1. The monoisotopic (exact) mass is 352 g/mol. The van der Waals surface area contributed by atoms with Crippen LogP contribution in [0.1, 0.15) is 48.4 Å². The van der Waals surface area contributed by atoms with Crippen LogP contribution in [0.25, 0.3) is 11.5 Å². The number of sulfonamides is 1. The van der Waals surface area contributed by atoms with Crippen molar-refractivity contribution in [1.82, 2.24) is 19.5 Å². The lowest BCUT2D eigenvalue weighted by Gasteiger charge is -2.21. The normalized spacial score (nSPS) is 16.2. The minimum atomic E-state index is -3.70. The average Bonchev–Trinajstić information content (AvgIpc) is 3.13. The van der Waals surface area contributed by atoms with Gasteiger partial charge >= 0.3 is 0 Å². The third-order valence-electron chi connectivity index (χ3n) is 4.19. The zero-order valence-electron chi connectivity index (χ0n) is 13.7. The van der Waals surface area contributed by atoms with Crippen molar-refractivity contribution < 1.29 is 17.6 Å². The van der Waals surface area contributed by atoms with E-state index in [2.05, 4.69) is 14.8 Å². The molecule has 2 aromatic rings. The smallest absolute Gasteiger partial charge is 0.286 e. The molecule has 2 aromatic heterocycles.